The first kappa shape index (κ1) is 19.5. The van der Waals surface area contributed by atoms with E-state index in [0.717, 1.165) is 36.7 Å². The third-order valence-corrected chi connectivity index (χ3v) is 5.62. The van der Waals surface area contributed by atoms with E-state index >= 15 is 0 Å². The Bertz CT molecular complexity index is 893. The molecule has 2 atom stereocenters. The van der Waals surface area contributed by atoms with E-state index in [1.807, 2.05) is 36.4 Å². The number of ether oxygens (including phenoxy) is 2. The number of carbonyl (C=O) groups is 1. The first-order valence-corrected chi connectivity index (χ1v) is 10.3. The van der Waals surface area contributed by atoms with Gasteiger partial charge >= 0.3 is 0 Å². The van der Waals surface area contributed by atoms with Crippen LogP contribution in [0.25, 0.3) is 0 Å². The van der Waals surface area contributed by atoms with Gasteiger partial charge in [-0.25, -0.2) is 0 Å². The van der Waals surface area contributed by atoms with Crippen molar-refractivity contribution in [3.63, 3.8) is 0 Å². The van der Waals surface area contributed by atoms with Crippen LogP contribution in [0.5, 0.6) is 11.5 Å². The fourth-order valence-corrected chi connectivity index (χ4v) is 3.92. The van der Waals surface area contributed by atoms with Crippen LogP contribution in [-0.4, -0.2) is 32.7 Å². The van der Waals surface area contributed by atoms with Crippen LogP contribution in [0.3, 0.4) is 0 Å². The van der Waals surface area contributed by atoms with E-state index in [4.69, 9.17) is 9.47 Å². The summed E-state index contributed by atoms with van der Waals surface area (Å²) in [6, 6.07) is 14.2. The van der Waals surface area contributed by atoms with Crippen molar-refractivity contribution in [2.24, 2.45) is 5.92 Å². The largest absolute Gasteiger partial charge is 0.496 e. The number of carbonyl (C=O) groups excluding carboxylic acids is 1. The first-order chi connectivity index (χ1) is 14.2. The van der Waals surface area contributed by atoms with Crippen LogP contribution in [0.4, 0.5) is 5.69 Å². The van der Waals surface area contributed by atoms with Crippen LogP contribution in [0, 0.1) is 5.92 Å². The van der Waals surface area contributed by atoms with Crippen molar-refractivity contribution in [3.05, 3.63) is 65.7 Å². The van der Waals surface area contributed by atoms with Gasteiger partial charge in [0, 0.05) is 24.7 Å². The van der Waals surface area contributed by atoms with Gasteiger partial charge in [-0.1, -0.05) is 36.4 Å². The van der Waals surface area contributed by atoms with Gasteiger partial charge in [0.2, 0.25) is 5.91 Å². The summed E-state index contributed by atoms with van der Waals surface area (Å²) in [6.07, 6.45) is 6.70. The van der Waals surface area contributed by atoms with E-state index in [-0.39, 0.29) is 5.91 Å². The lowest BCUT2D eigenvalue weighted by Gasteiger charge is -2.17. The Balaban J connectivity index is 1.14. The van der Waals surface area contributed by atoms with Crippen LogP contribution in [0.15, 0.2) is 54.6 Å². The van der Waals surface area contributed by atoms with E-state index < -0.39 is 0 Å². The minimum atomic E-state index is 0.0734. The third kappa shape index (κ3) is 4.98. The van der Waals surface area contributed by atoms with Crippen LogP contribution >= 0.6 is 0 Å². The molecule has 0 saturated heterocycles. The van der Waals surface area contributed by atoms with Gasteiger partial charge in [0.15, 0.2) is 0 Å². The summed E-state index contributed by atoms with van der Waals surface area (Å²) >= 11 is 0. The number of aryl methyl sites for hydroxylation is 1. The fraction of sp³-hybridized carbons (Fsp3) is 0.375. The highest BCUT2D eigenvalue weighted by Crippen LogP contribution is 2.49. The molecule has 5 heteroatoms. The molecular formula is C24H28N2O3. The lowest BCUT2D eigenvalue weighted by atomic mass is 10.0. The number of rotatable bonds is 9. The second-order valence-corrected chi connectivity index (χ2v) is 7.65. The summed E-state index contributed by atoms with van der Waals surface area (Å²) < 4.78 is 11.2. The predicted molar refractivity (Wildman–Crippen MR) is 115 cm³/mol. The van der Waals surface area contributed by atoms with Crippen LogP contribution < -0.4 is 20.1 Å². The minimum absolute atomic E-state index is 0.0734. The highest BCUT2D eigenvalue weighted by molar-refractivity contribution is 5.94. The number of methoxy groups -OCH3 is 1. The van der Waals surface area contributed by atoms with Crippen molar-refractivity contribution >= 4 is 11.6 Å². The molecule has 1 aliphatic carbocycles. The van der Waals surface area contributed by atoms with E-state index in [1.165, 1.54) is 17.5 Å². The molecule has 2 aromatic rings. The monoisotopic (exact) mass is 392 g/mol. The van der Waals surface area contributed by atoms with Crippen molar-refractivity contribution < 1.29 is 14.3 Å². The lowest BCUT2D eigenvalue weighted by molar-refractivity contribution is -0.116. The normalized spacial score (nSPS) is 20.2. The summed E-state index contributed by atoms with van der Waals surface area (Å²) in [6.45, 7) is 2.36. The maximum Gasteiger partial charge on any atom is 0.224 e. The van der Waals surface area contributed by atoms with Crippen molar-refractivity contribution in [2.75, 3.05) is 32.1 Å². The molecule has 0 aromatic heterocycles. The van der Waals surface area contributed by atoms with Crippen molar-refractivity contribution in [1.82, 2.24) is 5.32 Å². The number of hydrogen-bond acceptors (Lipinski definition) is 4. The van der Waals surface area contributed by atoms with Crippen molar-refractivity contribution in [1.29, 1.82) is 0 Å². The van der Waals surface area contributed by atoms with Crippen molar-refractivity contribution in [2.45, 2.75) is 25.2 Å². The van der Waals surface area contributed by atoms with E-state index in [2.05, 4.69) is 28.8 Å². The molecule has 1 amide bonds. The summed E-state index contributed by atoms with van der Waals surface area (Å²) in [5.74, 6) is 3.14. The van der Waals surface area contributed by atoms with Crippen LogP contribution in [0.2, 0.25) is 0 Å². The molecule has 0 radical (unpaired) electrons. The van der Waals surface area contributed by atoms with Gasteiger partial charge in [-0.15, -0.1) is 0 Å². The predicted octanol–water partition coefficient (Wildman–Crippen LogP) is 3.91. The molecular weight excluding hydrogens is 364 g/mol. The molecule has 0 unspecified atom stereocenters. The van der Waals surface area contributed by atoms with Crippen molar-refractivity contribution in [3.8, 4) is 11.5 Å². The van der Waals surface area contributed by atoms with Gasteiger partial charge in [-0.2, -0.15) is 0 Å². The topological polar surface area (TPSA) is 59.6 Å². The van der Waals surface area contributed by atoms with Gasteiger partial charge in [-0.05, 0) is 54.5 Å². The SMILES string of the molecule is COc1ccccc1[C@@H]1C[C@H]1CNC/C=C/COc1ccc2c(c1)NC(=O)CC2. The molecule has 1 aliphatic heterocycles. The number of anilines is 1. The Kier molecular flexibility index (Phi) is 6.15. The quantitative estimate of drug-likeness (QED) is 0.502. The summed E-state index contributed by atoms with van der Waals surface area (Å²) in [5.41, 5.74) is 3.37. The summed E-state index contributed by atoms with van der Waals surface area (Å²) in [4.78, 5) is 11.5. The van der Waals surface area contributed by atoms with Gasteiger partial charge in [0.25, 0.3) is 0 Å². The minimum Gasteiger partial charge on any atom is -0.496 e. The lowest BCUT2D eigenvalue weighted by Crippen LogP contribution is -2.18. The average molecular weight is 392 g/mol. The fourth-order valence-electron chi connectivity index (χ4n) is 3.92. The number of amides is 1. The molecule has 1 saturated carbocycles. The summed E-state index contributed by atoms with van der Waals surface area (Å²) in [5, 5.41) is 6.40. The highest BCUT2D eigenvalue weighted by Gasteiger charge is 2.39. The Morgan fingerprint density at radius 3 is 2.97 bits per heavy atom. The number of nitrogens with one attached hydrogen (secondary N) is 2. The number of para-hydroxylation sites is 1. The van der Waals surface area contributed by atoms with E-state index in [0.29, 0.717) is 24.9 Å². The molecule has 2 aliphatic rings. The van der Waals surface area contributed by atoms with Gasteiger partial charge in [-0.3, -0.25) is 4.79 Å². The van der Waals surface area contributed by atoms with Crippen LogP contribution in [0.1, 0.15) is 29.9 Å². The van der Waals surface area contributed by atoms with E-state index in [1.54, 1.807) is 7.11 Å². The van der Waals surface area contributed by atoms with E-state index in [9.17, 15) is 4.79 Å². The number of fused-ring (bicyclic) bond motifs is 1. The molecule has 2 N–H and O–H groups in total. The smallest absolute Gasteiger partial charge is 0.224 e. The summed E-state index contributed by atoms with van der Waals surface area (Å²) in [7, 11) is 1.74. The van der Waals surface area contributed by atoms with Gasteiger partial charge in [0.05, 0.1) is 7.11 Å². The first-order valence-electron chi connectivity index (χ1n) is 10.3. The molecule has 29 heavy (non-hydrogen) atoms. The van der Waals surface area contributed by atoms with Gasteiger partial charge in [0.1, 0.15) is 18.1 Å². The second kappa shape index (κ2) is 9.14. The Morgan fingerprint density at radius 1 is 1.17 bits per heavy atom. The molecule has 2 aromatic carbocycles. The Hall–Kier alpha value is -2.79. The zero-order valence-corrected chi connectivity index (χ0v) is 16.8. The second-order valence-electron chi connectivity index (χ2n) is 7.65. The zero-order chi connectivity index (χ0) is 20.1. The third-order valence-electron chi connectivity index (χ3n) is 5.62. The molecule has 5 nitrogen and oxygen atoms in total. The average Bonchev–Trinajstić information content (AvgIpc) is 3.52. The number of hydrogen-bond donors (Lipinski definition) is 2. The molecule has 152 valence electrons. The zero-order valence-electron chi connectivity index (χ0n) is 16.8. The molecule has 1 fully saturated rings. The highest BCUT2D eigenvalue weighted by atomic mass is 16.5. The molecule has 1 heterocycles. The molecule has 0 bridgehead atoms. The molecule has 0 spiro atoms. The number of benzene rings is 2. The Morgan fingerprint density at radius 2 is 2.07 bits per heavy atom. The van der Waals surface area contributed by atoms with Gasteiger partial charge < -0.3 is 20.1 Å². The maximum atomic E-state index is 11.5. The molecule has 4 rings (SSSR count). The van der Waals surface area contributed by atoms with Crippen LogP contribution in [-0.2, 0) is 11.2 Å². The standard InChI is InChI=1S/C24H28N2O3/c1-28-23-7-3-2-6-20(23)21-14-18(21)16-25-12-4-5-13-29-19-10-8-17-9-11-24(27)26-22(17)15-19/h2-8,10,15,18,21,25H,9,11-14,16H2,1H3,(H,26,27)/b5-4+/t18-,21+/m0/s1. The maximum absolute atomic E-state index is 11.5. The Labute approximate surface area is 172 Å².